The Hall–Kier alpha value is -1.30. The van der Waals surface area contributed by atoms with Gasteiger partial charge in [-0.15, -0.1) is 0 Å². The van der Waals surface area contributed by atoms with Crippen LogP contribution in [-0.2, 0) is 19.0 Å². The molecule has 1 aliphatic rings. The highest BCUT2D eigenvalue weighted by atomic mass is 16.6. The van der Waals surface area contributed by atoms with E-state index < -0.39 is 5.60 Å². The molecule has 19 heavy (non-hydrogen) atoms. The first-order valence-corrected chi connectivity index (χ1v) is 6.42. The Labute approximate surface area is 115 Å². The highest BCUT2D eigenvalue weighted by Gasteiger charge is 2.23. The van der Waals surface area contributed by atoms with Crippen molar-refractivity contribution in [1.82, 2.24) is 4.90 Å². The molecule has 0 spiro atoms. The van der Waals surface area contributed by atoms with Crippen molar-refractivity contribution < 1.29 is 23.8 Å². The largest absolute Gasteiger partial charge is 0.469 e. The maximum Gasteiger partial charge on any atom is 0.410 e. The maximum atomic E-state index is 11.5. The first-order valence-electron chi connectivity index (χ1n) is 6.42. The van der Waals surface area contributed by atoms with Crippen LogP contribution in [0.2, 0.25) is 0 Å². The van der Waals surface area contributed by atoms with Crippen LogP contribution in [0.15, 0.2) is 0 Å². The van der Waals surface area contributed by atoms with Crippen molar-refractivity contribution in [1.29, 1.82) is 0 Å². The Kier molecular flexibility index (Phi) is 8.14. The minimum atomic E-state index is -0.407. The molecule has 0 atom stereocenters. The lowest BCUT2D eigenvalue weighted by Crippen LogP contribution is -2.43. The molecule has 0 aromatic heterocycles. The van der Waals surface area contributed by atoms with Gasteiger partial charge in [0.05, 0.1) is 20.3 Å². The summed E-state index contributed by atoms with van der Waals surface area (Å²) >= 11 is 0. The van der Waals surface area contributed by atoms with E-state index in [0.29, 0.717) is 32.7 Å². The summed E-state index contributed by atoms with van der Waals surface area (Å²) in [7, 11) is 1.38. The van der Waals surface area contributed by atoms with Gasteiger partial charge in [-0.1, -0.05) is 6.92 Å². The maximum absolute atomic E-state index is 11.5. The summed E-state index contributed by atoms with van der Waals surface area (Å²) in [6.45, 7) is 9.84. The first kappa shape index (κ1) is 17.7. The lowest BCUT2D eigenvalue weighted by molar-refractivity contribution is -0.140. The van der Waals surface area contributed by atoms with Crippen LogP contribution in [0.5, 0.6) is 0 Å². The van der Waals surface area contributed by atoms with E-state index >= 15 is 0 Å². The zero-order chi connectivity index (χ0) is 14.9. The van der Waals surface area contributed by atoms with Crippen molar-refractivity contribution in [3.8, 4) is 0 Å². The molecule has 0 bridgehead atoms. The Balaban J connectivity index is 0.000000459. The number of hydrogen-bond acceptors (Lipinski definition) is 5. The molecule has 1 amide bonds. The van der Waals surface area contributed by atoms with Crippen LogP contribution in [-0.4, -0.2) is 56.0 Å². The second-order valence-electron chi connectivity index (χ2n) is 5.01. The van der Waals surface area contributed by atoms with Crippen LogP contribution in [0.1, 0.15) is 34.1 Å². The quantitative estimate of drug-likeness (QED) is 0.683. The summed E-state index contributed by atoms with van der Waals surface area (Å²) in [5.74, 6) is -0.157. The molecule has 0 unspecified atom stereocenters. The van der Waals surface area contributed by atoms with Gasteiger partial charge < -0.3 is 19.1 Å². The van der Waals surface area contributed by atoms with Gasteiger partial charge in [0.15, 0.2) is 0 Å². The topological polar surface area (TPSA) is 65.1 Å². The minimum Gasteiger partial charge on any atom is -0.469 e. The smallest absolute Gasteiger partial charge is 0.410 e. The molecule has 1 rings (SSSR count). The van der Waals surface area contributed by atoms with Gasteiger partial charge in [0.2, 0.25) is 0 Å². The van der Waals surface area contributed by atoms with Gasteiger partial charge in [-0.3, -0.25) is 4.79 Å². The van der Waals surface area contributed by atoms with Crippen molar-refractivity contribution in [3.63, 3.8) is 0 Å². The van der Waals surface area contributed by atoms with E-state index in [4.69, 9.17) is 9.47 Å². The Morgan fingerprint density at radius 3 is 2.05 bits per heavy atom. The van der Waals surface area contributed by atoms with Crippen molar-refractivity contribution in [3.05, 3.63) is 0 Å². The number of nitrogens with zero attached hydrogens (tertiary/aromatic N) is 1. The second kappa shape index (κ2) is 8.74. The van der Waals surface area contributed by atoms with Crippen LogP contribution >= 0.6 is 0 Å². The van der Waals surface area contributed by atoms with Crippen molar-refractivity contribution in [2.24, 2.45) is 0 Å². The van der Waals surface area contributed by atoms with Crippen LogP contribution in [0, 0.1) is 0 Å². The van der Waals surface area contributed by atoms with Crippen molar-refractivity contribution >= 4 is 12.1 Å². The summed E-state index contributed by atoms with van der Waals surface area (Å²) in [4.78, 5) is 23.1. The number of amides is 1. The van der Waals surface area contributed by atoms with E-state index in [9.17, 15) is 9.59 Å². The van der Waals surface area contributed by atoms with E-state index in [1.54, 1.807) is 11.8 Å². The predicted molar refractivity (Wildman–Crippen MR) is 70.9 cm³/mol. The normalized spacial score (nSPS) is 15.1. The number of rotatable bonds is 1. The molecule has 1 saturated heterocycles. The molecule has 0 aromatic rings. The lowest BCUT2D eigenvalue weighted by Gasteiger charge is -2.29. The van der Waals surface area contributed by atoms with Gasteiger partial charge in [0.25, 0.3) is 0 Å². The fourth-order valence-electron chi connectivity index (χ4n) is 1.22. The minimum absolute atomic E-state index is 0.157. The highest BCUT2D eigenvalue weighted by Crippen LogP contribution is 2.10. The van der Waals surface area contributed by atoms with Crippen LogP contribution in [0.25, 0.3) is 0 Å². The zero-order valence-electron chi connectivity index (χ0n) is 12.5. The van der Waals surface area contributed by atoms with E-state index in [1.165, 1.54) is 7.11 Å². The highest BCUT2D eigenvalue weighted by molar-refractivity contribution is 5.68. The van der Waals surface area contributed by atoms with Gasteiger partial charge in [-0.2, -0.15) is 0 Å². The molecule has 1 heterocycles. The standard InChI is InChI=1S/C9H17NO3.C4H8O2/c1-9(2,3)13-8(11)10-4-6-12-7-5-10;1-3-4(5)6-2/h4-7H2,1-3H3;3H2,1-2H3. The third-order valence-corrected chi connectivity index (χ3v) is 2.18. The molecule has 1 aliphatic heterocycles. The van der Waals surface area contributed by atoms with Crippen LogP contribution < -0.4 is 0 Å². The Morgan fingerprint density at radius 2 is 1.74 bits per heavy atom. The number of hydrogen-bond donors (Lipinski definition) is 0. The fraction of sp³-hybridized carbons (Fsp3) is 0.846. The molecule has 0 aromatic carbocycles. The molecular weight excluding hydrogens is 250 g/mol. The Bertz CT molecular complexity index is 273. The van der Waals surface area contributed by atoms with Gasteiger partial charge >= 0.3 is 12.1 Å². The molecule has 6 nitrogen and oxygen atoms in total. The monoisotopic (exact) mass is 275 g/mol. The fourth-order valence-corrected chi connectivity index (χ4v) is 1.22. The molecule has 0 saturated carbocycles. The molecule has 6 heteroatoms. The van der Waals surface area contributed by atoms with E-state index in [-0.39, 0.29) is 12.1 Å². The second-order valence-corrected chi connectivity index (χ2v) is 5.01. The number of morpholine rings is 1. The summed E-state index contributed by atoms with van der Waals surface area (Å²) in [6, 6.07) is 0. The summed E-state index contributed by atoms with van der Waals surface area (Å²) in [5.41, 5.74) is -0.407. The molecular formula is C13H25NO5. The molecule has 0 N–H and O–H groups in total. The van der Waals surface area contributed by atoms with Gasteiger partial charge in [-0.25, -0.2) is 4.79 Å². The number of carbonyl (C=O) groups is 2. The predicted octanol–water partition coefficient (Wildman–Crippen LogP) is 1.82. The zero-order valence-corrected chi connectivity index (χ0v) is 12.5. The molecule has 112 valence electrons. The van der Waals surface area contributed by atoms with E-state index in [2.05, 4.69) is 4.74 Å². The number of carbonyl (C=O) groups excluding carboxylic acids is 2. The van der Waals surface area contributed by atoms with Gasteiger partial charge in [0.1, 0.15) is 5.60 Å². The average Bonchev–Trinajstić information content (AvgIpc) is 2.37. The number of methoxy groups -OCH3 is 1. The van der Waals surface area contributed by atoms with Crippen LogP contribution in [0.3, 0.4) is 0 Å². The third-order valence-electron chi connectivity index (χ3n) is 2.18. The van der Waals surface area contributed by atoms with Crippen molar-refractivity contribution in [2.75, 3.05) is 33.4 Å². The summed E-state index contributed by atoms with van der Waals surface area (Å²) in [5, 5.41) is 0. The third kappa shape index (κ3) is 9.30. The summed E-state index contributed by atoms with van der Waals surface area (Å²) < 4.78 is 14.6. The first-order chi connectivity index (χ1) is 8.80. The lowest BCUT2D eigenvalue weighted by atomic mass is 10.2. The SMILES string of the molecule is CC(C)(C)OC(=O)N1CCOCC1.CCC(=O)OC. The van der Waals surface area contributed by atoms with E-state index in [0.717, 1.165) is 0 Å². The number of esters is 1. The molecule has 0 radical (unpaired) electrons. The van der Waals surface area contributed by atoms with E-state index in [1.807, 2.05) is 20.8 Å². The summed E-state index contributed by atoms with van der Waals surface area (Å²) in [6.07, 6.45) is 0.229. The van der Waals surface area contributed by atoms with Crippen molar-refractivity contribution in [2.45, 2.75) is 39.7 Å². The number of ether oxygens (including phenoxy) is 3. The van der Waals surface area contributed by atoms with Gasteiger partial charge in [0, 0.05) is 19.5 Å². The van der Waals surface area contributed by atoms with Gasteiger partial charge in [-0.05, 0) is 20.8 Å². The average molecular weight is 275 g/mol. The Morgan fingerprint density at radius 1 is 1.21 bits per heavy atom. The van der Waals surface area contributed by atoms with Crippen LogP contribution in [0.4, 0.5) is 4.79 Å². The molecule has 1 fully saturated rings. The molecule has 0 aliphatic carbocycles.